The third-order valence-electron chi connectivity index (χ3n) is 2.86. The highest BCUT2D eigenvalue weighted by molar-refractivity contribution is 8.00. The minimum Gasteiger partial charge on any atom is -0.462 e. The van der Waals surface area contributed by atoms with E-state index in [1.54, 1.807) is 43.3 Å². The number of hydrogen-bond acceptors (Lipinski definition) is 4. The molecular weight excluding hydrogens is 334 g/mol. The van der Waals surface area contributed by atoms with Gasteiger partial charge in [0.25, 0.3) is 0 Å². The highest BCUT2D eigenvalue weighted by Crippen LogP contribution is 2.20. The maximum absolute atomic E-state index is 11.9. The van der Waals surface area contributed by atoms with E-state index in [9.17, 15) is 9.59 Å². The number of carbonyl (C=O) groups excluding carboxylic acids is 2. The van der Waals surface area contributed by atoms with Gasteiger partial charge in [-0.3, -0.25) is 4.79 Å². The van der Waals surface area contributed by atoms with Crippen LogP contribution in [-0.4, -0.2) is 24.2 Å². The van der Waals surface area contributed by atoms with Gasteiger partial charge in [0.05, 0.1) is 17.9 Å². The topological polar surface area (TPSA) is 55.4 Å². The number of halogens is 1. The number of esters is 1. The average molecular weight is 350 g/mol. The first-order valence-corrected chi connectivity index (χ1v) is 8.40. The monoisotopic (exact) mass is 349 g/mol. The van der Waals surface area contributed by atoms with Crippen molar-refractivity contribution in [3.8, 4) is 0 Å². The fourth-order valence-electron chi connectivity index (χ4n) is 1.78. The Hall–Kier alpha value is -1.98. The smallest absolute Gasteiger partial charge is 0.338 e. The Labute approximate surface area is 144 Å². The van der Waals surface area contributed by atoms with Crippen LogP contribution in [0.2, 0.25) is 5.02 Å². The van der Waals surface area contributed by atoms with E-state index in [2.05, 4.69) is 5.32 Å². The van der Waals surface area contributed by atoms with Crippen molar-refractivity contribution in [1.82, 2.24) is 0 Å². The summed E-state index contributed by atoms with van der Waals surface area (Å²) in [5, 5.41) is 3.45. The molecule has 0 fully saturated rings. The van der Waals surface area contributed by atoms with Gasteiger partial charge in [0, 0.05) is 15.6 Å². The Morgan fingerprint density at radius 2 is 1.74 bits per heavy atom. The number of hydrogen-bond donors (Lipinski definition) is 1. The van der Waals surface area contributed by atoms with Crippen molar-refractivity contribution < 1.29 is 14.3 Å². The lowest BCUT2D eigenvalue weighted by molar-refractivity contribution is -0.113. The van der Waals surface area contributed by atoms with E-state index >= 15 is 0 Å². The minimum absolute atomic E-state index is 0.117. The van der Waals surface area contributed by atoms with Gasteiger partial charge in [0.1, 0.15) is 0 Å². The van der Waals surface area contributed by atoms with Crippen LogP contribution in [0, 0.1) is 0 Å². The van der Waals surface area contributed by atoms with Crippen LogP contribution in [0.5, 0.6) is 0 Å². The molecule has 120 valence electrons. The summed E-state index contributed by atoms with van der Waals surface area (Å²) in [6, 6.07) is 13.9. The number of ether oxygens (including phenoxy) is 1. The predicted octanol–water partition coefficient (Wildman–Crippen LogP) is 4.25. The van der Waals surface area contributed by atoms with Gasteiger partial charge in [-0.25, -0.2) is 4.79 Å². The van der Waals surface area contributed by atoms with E-state index in [0.717, 1.165) is 4.90 Å². The van der Waals surface area contributed by atoms with E-state index in [4.69, 9.17) is 16.3 Å². The third-order valence-corrected chi connectivity index (χ3v) is 4.13. The maximum atomic E-state index is 11.9. The van der Waals surface area contributed by atoms with Gasteiger partial charge in [0.15, 0.2) is 0 Å². The Kier molecular flexibility index (Phi) is 6.50. The molecule has 0 saturated carbocycles. The first-order valence-electron chi connectivity index (χ1n) is 7.04. The van der Waals surface area contributed by atoms with Gasteiger partial charge < -0.3 is 10.1 Å². The molecule has 2 aromatic rings. The normalized spacial score (nSPS) is 10.2. The number of anilines is 1. The molecule has 0 aromatic heterocycles. The molecule has 0 atom stereocenters. The zero-order valence-corrected chi connectivity index (χ0v) is 14.1. The lowest BCUT2D eigenvalue weighted by atomic mass is 10.2. The maximum Gasteiger partial charge on any atom is 0.338 e. The van der Waals surface area contributed by atoms with Gasteiger partial charge in [-0.15, -0.1) is 11.8 Å². The standard InChI is InChI=1S/C17H16ClNO3S/c1-2-22-17(21)12-3-7-14(8-4-12)19-16(20)11-23-15-9-5-13(18)6-10-15/h3-10H,2,11H2,1H3,(H,19,20). The lowest BCUT2D eigenvalue weighted by Gasteiger charge is -2.06. The van der Waals surface area contributed by atoms with Crippen molar-refractivity contribution in [2.45, 2.75) is 11.8 Å². The highest BCUT2D eigenvalue weighted by atomic mass is 35.5. The van der Waals surface area contributed by atoms with E-state index < -0.39 is 0 Å². The molecule has 0 heterocycles. The molecule has 0 radical (unpaired) electrons. The van der Waals surface area contributed by atoms with E-state index in [1.165, 1.54) is 11.8 Å². The number of rotatable bonds is 6. The van der Waals surface area contributed by atoms with Crippen LogP contribution in [0.25, 0.3) is 0 Å². The largest absolute Gasteiger partial charge is 0.462 e. The molecule has 23 heavy (non-hydrogen) atoms. The highest BCUT2D eigenvalue weighted by Gasteiger charge is 2.07. The second-order valence-corrected chi connectivity index (χ2v) is 6.07. The fraction of sp³-hybridized carbons (Fsp3) is 0.176. The van der Waals surface area contributed by atoms with Crippen molar-refractivity contribution in [2.24, 2.45) is 0 Å². The van der Waals surface area contributed by atoms with Gasteiger partial charge in [0.2, 0.25) is 5.91 Å². The summed E-state index contributed by atoms with van der Waals surface area (Å²) >= 11 is 7.24. The molecule has 2 aromatic carbocycles. The molecule has 0 spiro atoms. The second-order valence-electron chi connectivity index (χ2n) is 4.59. The van der Waals surface area contributed by atoms with Crippen LogP contribution in [0.3, 0.4) is 0 Å². The number of thioether (sulfide) groups is 1. The number of nitrogens with one attached hydrogen (secondary N) is 1. The molecule has 0 aliphatic heterocycles. The molecule has 6 heteroatoms. The first kappa shape index (κ1) is 17.4. The van der Waals surface area contributed by atoms with Crippen LogP contribution >= 0.6 is 23.4 Å². The quantitative estimate of drug-likeness (QED) is 0.625. The molecular formula is C17H16ClNO3S. The van der Waals surface area contributed by atoms with E-state index in [1.807, 2.05) is 12.1 Å². The van der Waals surface area contributed by atoms with Crippen molar-refractivity contribution in [1.29, 1.82) is 0 Å². The number of amides is 1. The second kappa shape index (κ2) is 8.60. The molecule has 4 nitrogen and oxygen atoms in total. The van der Waals surface area contributed by atoms with Crippen molar-refractivity contribution in [3.63, 3.8) is 0 Å². The van der Waals surface area contributed by atoms with Crippen LogP contribution in [0.15, 0.2) is 53.4 Å². The van der Waals surface area contributed by atoms with Crippen molar-refractivity contribution >= 4 is 40.9 Å². The molecule has 1 amide bonds. The summed E-state index contributed by atoms with van der Waals surface area (Å²) in [4.78, 5) is 24.4. The first-order chi connectivity index (χ1) is 11.1. The Morgan fingerprint density at radius 3 is 2.35 bits per heavy atom. The van der Waals surface area contributed by atoms with E-state index in [-0.39, 0.29) is 11.9 Å². The summed E-state index contributed by atoms with van der Waals surface area (Å²) in [6.45, 7) is 2.09. The summed E-state index contributed by atoms with van der Waals surface area (Å²) < 4.78 is 4.91. The zero-order valence-electron chi connectivity index (χ0n) is 12.5. The SMILES string of the molecule is CCOC(=O)c1ccc(NC(=O)CSc2ccc(Cl)cc2)cc1. The number of benzene rings is 2. The Bertz CT molecular complexity index is 671. The molecule has 0 unspecified atom stereocenters. The predicted molar refractivity (Wildman–Crippen MR) is 93.2 cm³/mol. The van der Waals surface area contributed by atoms with Gasteiger partial charge in [-0.1, -0.05) is 11.6 Å². The van der Waals surface area contributed by atoms with Gasteiger partial charge >= 0.3 is 5.97 Å². The zero-order chi connectivity index (χ0) is 16.7. The number of carbonyl (C=O) groups is 2. The summed E-state index contributed by atoms with van der Waals surface area (Å²) in [5.41, 5.74) is 1.10. The Balaban J connectivity index is 1.85. The molecule has 1 N–H and O–H groups in total. The third kappa shape index (κ3) is 5.62. The lowest BCUT2D eigenvalue weighted by Crippen LogP contribution is -2.14. The van der Waals surface area contributed by atoms with Crippen molar-refractivity contribution in [2.75, 3.05) is 17.7 Å². The van der Waals surface area contributed by atoms with Gasteiger partial charge in [-0.05, 0) is 55.5 Å². The average Bonchev–Trinajstić information content (AvgIpc) is 2.55. The van der Waals surface area contributed by atoms with Gasteiger partial charge in [-0.2, -0.15) is 0 Å². The van der Waals surface area contributed by atoms with Crippen LogP contribution in [0.4, 0.5) is 5.69 Å². The van der Waals surface area contributed by atoms with Crippen LogP contribution in [-0.2, 0) is 9.53 Å². The van der Waals surface area contributed by atoms with E-state index in [0.29, 0.717) is 28.6 Å². The molecule has 0 aliphatic carbocycles. The summed E-state index contributed by atoms with van der Waals surface area (Å²) in [6.07, 6.45) is 0. The van der Waals surface area contributed by atoms with Crippen LogP contribution < -0.4 is 5.32 Å². The molecule has 0 aliphatic rings. The molecule has 2 rings (SSSR count). The molecule has 0 saturated heterocycles. The summed E-state index contributed by atoms with van der Waals surface area (Å²) in [5.74, 6) is -0.196. The molecule has 0 bridgehead atoms. The van der Waals surface area contributed by atoms with Crippen LogP contribution in [0.1, 0.15) is 17.3 Å². The fourth-order valence-corrected chi connectivity index (χ4v) is 2.61. The Morgan fingerprint density at radius 1 is 1.09 bits per heavy atom. The summed E-state index contributed by atoms with van der Waals surface area (Å²) in [7, 11) is 0. The minimum atomic E-state index is -0.372. The van der Waals surface area contributed by atoms with Crippen molar-refractivity contribution in [3.05, 3.63) is 59.1 Å².